The maximum absolute atomic E-state index is 2.56. The minimum atomic E-state index is -0.589. The van der Waals surface area contributed by atoms with Crippen LogP contribution >= 0.6 is 0 Å². The van der Waals surface area contributed by atoms with E-state index in [9.17, 15) is 0 Å². The molecule has 0 saturated heterocycles. The number of aromatic nitrogens is 2. The van der Waals surface area contributed by atoms with E-state index in [1.165, 1.54) is 99.8 Å². The number of benzene rings is 8. The van der Waals surface area contributed by atoms with E-state index >= 15 is 0 Å². The monoisotopic (exact) mass is 726 g/mol. The molecule has 0 spiro atoms. The van der Waals surface area contributed by atoms with Crippen LogP contribution in [0.4, 0.5) is 0 Å². The number of allylic oxidation sites excluding steroid dienone is 1. The summed E-state index contributed by atoms with van der Waals surface area (Å²) < 4.78 is 5.09. The number of para-hydroxylation sites is 1. The summed E-state index contributed by atoms with van der Waals surface area (Å²) in [5.74, 6) is 0. The predicted octanol–water partition coefficient (Wildman–Crippen LogP) is 13.7. The van der Waals surface area contributed by atoms with Crippen LogP contribution in [-0.2, 0) is 11.8 Å². The van der Waals surface area contributed by atoms with Gasteiger partial charge in [0.05, 0.1) is 27.7 Å². The first-order valence-corrected chi connectivity index (χ1v) is 20.1. The maximum Gasteiger partial charge on any atom is 0.0743 e. The molecule has 12 rings (SSSR count). The van der Waals surface area contributed by atoms with Crippen LogP contribution in [0.3, 0.4) is 0 Å². The average Bonchev–Trinajstić information content (AvgIpc) is 3.81. The second-order valence-corrected chi connectivity index (χ2v) is 15.6. The van der Waals surface area contributed by atoms with Gasteiger partial charge in [-0.3, -0.25) is 0 Å². The van der Waals surface area contributed by atoms with Gasteiger partial charge in [0.2, 0.25) is 0 Å². The number of nitrogens with zero attached hydrogens (tertiary/aromatic N) is 2. The topological polar surface area (TPSA) is 9.86 Å². The van der Waals surface area contributed by atoms with Crippen LogP contribution in [0.5, 0.6) is 0 Å². The molecule has 1 aliphatic carbocycles. The quantitative estimate of drug-likeness (QED) is 0.167. The van der Waals surface area contributed by atoms with E-state index in [-0.39, 0.29) is 0 Å². The second-order valence-electron chi connectivity index (χ2n) is 15.6. The zero-order valence-electron chi connectivity index (χ0n) is 31.4. The van der Waals surface area contributed by atoms with Crippen molar-refractivity contribution < 1.29 is 0 Å². The van der Waals surface area contributed by atoms with Gasteiger partial charge in [0.25, 0.3) is 0 Å². The molecule has 0 radical (unpaired) electrons. The van der Waals surface area contributed by atoms with E-state index < -0.39 is 5.41 Å². The zero-order chi connectivity index (χ0) is 37.5. The standard InChI is InChI=1S/C55H38N2/c1-5-16-37(17-6-1)39-28-31-45-44-24-13-14-27-50(44)56(52(45)34-39)43-30-33-51-49(36-43)55(41-20-9-3-10-21-41,42-22-11-4-12-23-42)48-26-15-25-47-46-32-29-40(38-18-7-2-8-19-38)35-53(46)57(51)54(47)48/h1-12,14-23,25-36H,13,24H2. The number of rotatable bonds is 5. The smallest absolute Gasteiger partial charge is 0.0743 e. The molecule has 268 valence electrons. The summed E-state index contributed by atoms with van der Waals surface area (Å²) in [7, 11) is 0. The fraction of sp³-hybridized carbons (Fsp3) is 0.0545. The molecule has 0 unspecified atom stereocenters. The SMILES string of the molecule is C1=Cc2c(c3ccc(-c4ccccc4)cc3n2-c2ccc3c(c2)C(c2ccccc2)(c2ccccc2)c2cccc4c5ccc(-c6ccccc6)cc5n-3c24)CC1. The summed E-state index contributed by atoms with van der Waals surface area (Å²) in [4.78, 5) is 0. The third kappa shape index (κ3) is 4.59. The number of fused-ring (bicyclic) bond motifs is 8. The molecular weight excluding hydrogens is 689 g/mol. The zero-order valence-corrected chi connectivity index (χ0v) is 31.4. The minimum absolute atomic E-state index is 0.589. The summed E-state index contributed by atoms with van der Waals surface area (Å²) in [6, 6.07) is 72.3. The highest BCUT2D eigenvalue weighted by Gasteiger charge is 2.45. The Labute approximate surface area is 332 Å². The van der Waals surface area contributed by atoms with Crippen molar-refractivity contribution in [3.8, 4) is 33.6 Å². The highest BCUT2D eigenvalue weighted by Crippen LogP contribution is 2.55. The lowest BCUT2D eigenvalue weighted by Crippen LogP contribution is -2.35. The van der Waals surface area contributed by atoms with Gasteiger partial charge in [-0.05, 0) is 99.3 Å². The molecular formula is C55H38N2. The third-order valence-corrected chi connectivity index (χ3v) is 12.7. The first-order chi connectivity index (χ1) is 28.3. The number of aryl methyl sites for hydroxylation is 1. The van der Waals surface area contributed by atoms with Crippen LogP contribution in [0, 0.1) is 0 Å². The summed E-state index contributed by atoms with van der Waals surface area (Å²) >= 11 is 0. The first-order valence-electron chi connectivity index (χ1n) is 20.1. The largest absolute Gasteiger partial charge is 0.310 e. The fourth-order valence-corrected chi connectivity index (χ4v) is 10.2. The van der Waals surface area contributed by atoms with Crippen molar-refractivity contribution in [2.75, 3.05) is 0 Å². The Kier molecular flexibility index (Phi) is 7.00. The normalized spacial score (nSPS) is 13.9. The van der Waals surface area contributed by atoms with Crippen LogP contribution < -0.4 is 0 Å². The van der Waals surface area contributed by atoms with Gasteiger partial charge in [0, 0.05) is 27.5 Å². The van der Waals surface area contributed by atoms with E-state index in [0.717, 1.165) is 12.8 Å². The fourth-order valence-electron chi connectivity index (χ4n) is 10.2. The van der Waals surface area contributed by atoms with Gasteiger partial charge in [-0.25, -0.2) is 0 Å². The highest BCUT2D eigenvalue weighted by atomic mass is 15.0. The van der Waals surface area contributed by atoms with Crippen LogP contribution in [-0.4, -0.2) is 9.13 Å². The predicted molar refractivity (Wildman–Crippen MR) is 238 cm³/mol. The van der Waals surface area contributed by atoms with Gasteiger partial charge < -0.3 is 9.13 Å². The summed E-state index contributed by atoms with van der Waals surface area (Å²) in [6.07, 6.45) is 6.79. The van der Waals surface area contributed by atoms with Crippen LogP contribution in [0.2, 0.25) is 0 Å². The molecule has 8 aromatic carbocycles. The molecule has 0 fully saturated rings. The molecule has 1 aliphatic heterocycles. The van der Waals surface area contributed by atoms with E-state index in [2.05, 4.69) is 215 Å². The molecule has 0 amide bonds. The van der Waals surface area contributed by atoms with Gasteiger partial charge in [-0.1, -0.05) is 170 Å². The molecule has 0 atom stereocenters. The van der Waals surface area contributed by atoms with E-state index in [1.54, 1.807) is 0 Å². The Balaban J connectivity index is 1.22. The van der Waals surface area contributed by atoms with Gasteiger partial charge in [-0.2, -0.15) is 0 Å². The summed E-state index contributed by atoms with van der Waals surface area (Å²) in [5, 5.41) is 3.88. The Morgan fingerprint density at radius 3 is 1.67 bits per heavy atom. The molecule has 3 heterocycles. The summed E-state index contributed by atoms with van der Waals surface area (Å²) in [5.41, 5.74) is 18.2. The average molecular weight is 727 g/mol. The number of hydrogen-bond donors (Lipinski definition) is 0. The molecule has 2 heteroatoms. The van der Waals surface area contributed by atoms with Gasteiger partial charge in [-0.15, -0.1) is 0 Å². The van der Waals surface area contributed by atoms with Crippen molar-refractivity contribution in [2.24, 2.45) is 0 Å². The van der Waals surface area contributed by atoms with Gasteiger partial charge in [0.15, 0.2) is 0 Å². The van der Waals surface area contributed by atoms with Crippen molar-refractivity contribution >= 4 is 38.8 Å². The lowest BCUT2D eigenvalue weighted by atomic mass is 9.63. The molecule has 0 bridgehead atoms. The van der Waals surface area contributed by atoms with Crippen molar-refractivity contribution in [3.05, 3.63) is 234 Å². The molecule has 57 heavy (non-hydrogen) atoms. The second kappa shape index (κ2) is 12.4. The molecule has 10 aromatic rings. The maximum atomic E-state index is 2.56. The van der Waals surface area contributed by atoms with E-state index in [1.807, 2.05) is 0 Å². The van der Waals surface area contributed by atoms with Crippen molar-refractivity contribution in [1.29, 1.82) is 0 Å². The third-order valence-electron chi connectivity index (χ3n) is 12.7. The van der Waals surface area contributed by atoms with Crippen LogP contribution in [0.25, 0.3) is 72.4 Å². The first kappa shape index (κ1) is 32.1. The lowest BCUT2D eigenvalue weighted by molar-refractivity contribution is 0.726. The molecule has 2 aliphatic rings. The van der Waals surface area contributed by atoms with Crippen molar-refractivity contribution in [2.45, 2.75) is 18.3 Å². The van der Waals surface area contributed by atoms with Gasteiger partial charge >= 0.3 is 0 Å². The molecule has 0 saturated carbocycles. The highest BCUT2D eigenvalue weighted by molar-refractivity contribution is 6.13. The van der Waals surface area contributed by atoms with Crippen molar-refractivity contribution in [3.63, 3.8) is 0 Å². The Morgan fingerprint density at radius 1 is 0.421 bits per heavy atom. The Morgan fingerprint density at radius 2 is 1.02 bits per heavy atom. The molecule has 0 N–H and O–H groups in total. The Hall–Kier alpha value is -7.16. The van der Waals surface area contributed by atoms with E-state index in [0.29, 0.717) is 0 Å². The van der Waals surface area contributed by atoms with Crippen LogP contribution in [0.1, 0.15) is 39.9 Å². The van der Waals surface area contributed by atoms with Crippen molar-refractivity contribution in [1.82, 2.24) is 9.13 Å². The number of hydrogen-bond acceptors (Lipinski definition) is 0. The van der Waals surface area contributed by atoms with Crippen LogP contribution in [0.15, 0.2) is 200 Å². The summed E-state index contributed by atoms with van der Waals surface area (Å²) in [6.45, 7) is 0. The molecule has 2 aromatic heterocycles. The van der Waals surface area contributed by atoms with Gasteiger partial charge in [0.1, 0.15) is 0 Å². The Bertz CT molecular complexity index is 3160. The minimum Gasteiger partial charge on any atom is -0.310 e. The van der Waals surface area contributed by atoms with E-state index in [4.69, 9.17) is 0 Å². The molecule has 2 nitrogen and oxygen atoms in total. The lowest BCUT2D eigenvalue weighted by Gasteiger charge is -2.42.